The lowest BCUT2D eigenvalue weighted by atomic mass is 10.1. The van der Waals surface area contributed by atoms with Gasteiger partial charge in [0.2, 0.25) is 0 Å². The maximum Gasteiger partial charge on any atom is 0.0750 e. The van der Waals surface area contributed by atoms with Gasteiger partial charge in [-0.2, -0.15) is 0 Å². The van der Waals surface area contributed by atoms with E-state index < -0.39 is 0 Å². The summed E-state index contributed by atoms with van der Waals surface area (Å²) in [7, 11) is 2.14. The summed E-state index contributed by atoms with van der Waals surface area (Å²) in [4.78, 5) is 6.60. The number of pyridine rings is 1. The predicted molar refractivity (Wildman–Crippen MR) is 78.4 cm³/mol. The molecule has 1 saturated heterocycles. The maximum atomic E-state index is 5.67. The van der Waals surface area contributed by atoms with Crippen LogP contribution in [0.2, 0.25) is 0 Å². The van der Waals surface area contributed by atoms with Gasteiger partial charge < -0.3 is 15.0 Å². The topological polar surface area (TPSA) is 37.4 Å². The van der Waals surface area contributed by atoms with E-state index in [2.05, 4.69) is 49.1 Å². The highest BCUT2D eigenvalue weighted by Gasteiger charge is 2.29. The molecule has 1 aromatic rings. The van der Waals surface area contributed by atoms with Crippen molar-refractivity contribution in [2.75, 3.05) is 18.6 Å². The highest BCUT2D eigenvalue weighted by molar-refractivity contribution is 5.52. The number of nitrogens with zero attached hydrogens (tertiary/aromatic N) is 2. The van der Waals surface area contributed by atoms with E-state index in [-0.39, 0.29) is 6.10 Å². The van der Waals surface area contributed by atoms with E-state index in [0.29, 0.717) is 12.1 Å². The second-order valence-electron chi connectivity index (χ2n) is 5.58. The first-order chi connectivity index (χ1) is 9.09. The van der Waals surface area contributed by atoms with Crippen LogP contribution < -0.4 is 10.2 Å². The maximum absolute atomic E-state index is 5.67. The van der Waals surface area contributed by atoms with Crippen LogP contribution in [-0.4, -0.2) is 36.8 Å². The first-order valence-electron chi connectivity index (χ1n) is 7.10. The Morgan fingerprint density at radius 2 is 2.32 bits per heavy atom. The molecule has 0 aliphatic carbocycles. The standard InChI is InChI=1S/C15H25N3O/c1-11(2)17-9-13-5-7-16-10-15(13)18(4)14-6-8-19-12(14)3/h5,7,10-12,14,17H,6,8-9H2,1-4H3. The van der Waals surface area contributed by atoms with Crippen molar-refractivity contribution in [2.45, 2.75) is 51.9 Å². The van der Waals surface area contributed by atoms with Crippen molar-refractivity contribution in [3.8, 4) is 0 Å². The predicted octanol–water partition coefficient (Wildman–Crippen LogP) is 2.19. The lowest BCUT2D eigenvalue weighted by Gasteiger charge is -2.30. The quantitative estimate of drug-likeness (QED) is 0.883. The number of rotatable bonds is 5. The van der Waals surface area contributed by atoms with Gasteiger partial charge in [0.15, 0.2) is 0 Å². The van der Waals surface area contributed by atoms with Crippen LogP contribution in [0, 0.1) is 0 Å². The molecule has 2 heterocycles. The molecular weight excluding hydrogens is 238 g/mol. The van der Waals surface area contributed by atoms with Gasteiger partial charge in [0.05, 0.1) is 24.0 Å². The summed E-state index contributed by atoms with van der Waals surface area (Å²) in [5.74, 6) is 0. The number of anilines is 1. The molecule has 0 saturated carbocycles. The van der Waals surface area contributed by atoms with Crippen molar-refractivity contribution in [3.05, 3.63) is 24.0 Å². The van der Waals surface area contributed by atoms with E-state index in [1.54, 1.807) is 0 Å². The fraction of sp³-hybridized carbons (Fsp3) is 0.667. The van der Waals surface area contributed by atoms with E-state index in [1.807, 2.05) is 12.4 Å². The molecule has 19 heavy (non-hydrogen) atoms. The highest BCUT2D eigenvalue weighted by atomic mass is 16.5. The van der Waals surface area contributed by atoms with Gasteiger partial charge in [0.1, 0.15) is 0 Å². The minimum absolute atomic E-state index is 0.288. The Hall–Kier alpha value is -1.13. The van der Waals surface area contributed by atoms with Crippen molar-refractivity contribution in [3.63, 3.8) is 0 Å². The summed E-state index contributed by atoms with van der Waals surface area (Å²) in [6, 6.07) is 3.03. The first-order valence-corrected chi connectivity index (χ1v) is 7.10. The fourth-order valence-electron chi connectivity index (χ4n) is 2.60. The Labute approximate surface area is 116 Å². The third-order valence-corrected chi connectivity index (χ3v) is 3.80. The second kappa shape index (κ2) is 6.35. The fourth-order valence-corrected chi connectivity index (χ4v) is 2.60. The van der Waals surface area contributed by atoms with E-state index in [1.165, 1.54) is 11.3 Å². The van der Waals surface area contributed by atoms with Gasteiger partial charge in [-0.05, 0) is 25.0 Å². The largest absolute Gasteiger partial charge is 0.376 e. The monoisotopic (exact) mass is 263 g/mol. The molecule has 106 valence electrons. The van der Waals surface area contributed by atoms with E-state index in [4.69, 9.17) is 4.74 Å². The van der Waals surface area contributed by atoms with Crippen LogP contribution in [0.1, 0.15) is 32.8 Å². The van der Waals surface area contributed by atoms with Crippen molar-refractivity contribution < 1.29 is 4.74 Å². The average Bonchev–Trinajstić information content (AvgIpc) is 2.82. The average molecular weight is 263 g/mol. The number of likely N-dealkylation sites (N-methyl/N-ethyl adjacent to an activating group) is 1. The first kappa shape index (κ1) is 14.3. The summed E-state index contributed by atoms with van der Waals surface area (Å²) in [6.45, 7) is 8.21. The van der Waals surface area contributed by atoms with Crippen molar-refractivity contribution in [2.24, 2.45) is 0 Å². The van der Waals surface area contributed by atoms with Gasteiger partial charge >= 0.3 is 0 Å². The summed E-state index contributed by atoms with van der Waals surface area (Å²) in [5, 5.41) is 3.47. The van der Waals surface area contributed by atoms with Crippen LogP contribution >= 0.6 is 0 Å². The molecule has 4 nitrogen and oxygen atoms in total. The Morgan fingerprint density at radius 3 is 2.95 bits per heavy atom. The molecule has 2 atom stereocenters. The lowest BCUT2D eigenvalue weighted by Crippen LogP contribution is -2.37. The molecule has 2 unspecified atom stereocenters. The van der Waals surface area contributed by atoms with Crippen LogP contribution in [0.15, 0.2) is 18.5 Å². The summed E-state index contributed by atoms with van der Waals surface area (Å²) in [5.41, 5.74) is 2.50. The molecule has 0 amide bonds. The van der Waals surface area contributed by atoms with Crippen LogP contribution in [0.4, 0.5) is 5.69 Å². The zero-order valence-electron chi connectivity index (χ0n) is 12.4. The number of hydrogen-bond acceptors (Lipinski definition) is 4. The van der Waals surface area contributed by atoms with E-state index >= 15 is 0 Å². The Balaban J connectivity index is 2.14. The normalized spacial score (nSPS) is 23.0. The number of ether oxygens (including phenoxy) is 1. The summed E-state index contributed by atoms with van der Waals surface area (Å²) >= 11 is 0. The summed E-state index contributed by atoms with van der Waals surface area (Å²) in [6.07, 6.45) is 5.20. The zero-order chi connectivity index (χ0) is 13.8. The minimum atomic E-state index is 0.288. The zero-order valence-corrected chi connectivity index (χ0v) is 12.4. The van der Waals surface area contributed by atoms with Crippen LogP contribution in [0.25, 0.3) is 0 Å². The van der Waals surface area contributed by atoms with Gasteiger partial charge in [-0.25, -0.2) is 0 Å². The Morgan fingerprint density at radius 1 is 1.53 bits per heavy atom. The molecular formula is C15H25N3O. The molecule has 1 aliphatic heterocycles. The summed E-state index contributed by atoms with van der Waals surface area (Å²) < 4.78 is 5.67. The van der Waals surface area contributed by atoms with Gasteiger partial charge in [0, 0.05) is 32.4 Å². The number of aromatic nitrogens is 1. The van der Waals surface area contributed by atoms with E-state index in [9.17, 15) is 0 Å². The highest BCUT2D eigenvalue weighted by Crippen LogP contribution is 2.26. The van der Waals surface area contributed by atoms with Gasteiger partial charge in [0.25, 0.3) is 0 Å². The Bertz CT molecular complexity index is 408. The third kappa shape index (κ3) is 3.45. The molecule has 1 aliphatic rings. The van der Waals surface area contributed by atoms with Gasteiger partial charge in [-0.1, -0.05) is 13.8 Å². The third-order valence-electron chi connectivity index (χ3n) is 3.80. The van der Waals surface area contributed by atoms with Crippen LogP contribution in [-0.2, 0) is 11.3 Å². The molecule has 0 bridgehead atoms. The van der Waals surface area contributed by atoms with Crippen LogP contribution in [0.5, 0.6) is 0 Å². The molecule has 1 fully saturated rings. The van der Waals surface area contributed by atoms with Crippen molar-refractivity contribution >= 4 is 5.69 Å². The number of hydrogen-bond donors (Lipinski definition) is 1. The molecule has 2 rings (SSSR count). The SMILES string of the molecule is CC(C)NCc1ccncc1N(C)C1CCOC1C. The van der Waals surface area contributed by atoms with Crippen molar-refractivity contribution in [1.82, 2.24) is 10.3 Å². The second-order valence-corrected chi connectivity index (χ2v) is 5.58. The molecule has 1 aromatic heterocycles. The molecule has 0 aromatic carbocycles. The minimum Gasteiger partial charge on any atom is -0.376 e. The number of nitrogens with one attached hydrogen (secondary N) is 1. The van der Waals surface area contributed by atoms with Gasteiger partial charge in [-0.3, -0.25) is 4.98 Å². The van der Waals surface area contributed by atoms with Gasteiger partial charge in [-0.15, -0.1) is 0 Å². The lowest BCUT2D eigenvalue weighted by molar-refractivity contribution is 0.118. The van der Waals surface area contributed by atoms with Crippen molar-refractivity contribution in [1.29, 1.82) is 0 Å². The molecule has 4 heteroatoms. The Kier molecular flexibility index (Phi) is 4.77. The molecule has 0 spiro atoms. The molecule has 0 radical (unpaired) electrons. The van der Waals surface area contributed by atoms with Crippen LogP contribution in [0.3, 0.4) is 0 Å². The smallest absolute Gasteiger partial charge is 0.0750 e. The van der Waals surface area contributed by atoms with E-state index in [0.717, 1.165) is 19.6 Å². The molecule has 1 N–H and O–H groups in total.